The number of hydrogen-bond acceptors (Lipinski definition) is 5. The van der Waals surface area contributed by atoms with Crippen LogP contribution in [0.5, 0.6) is 0 Å². The van der Waals surface area contributed by atoms with E-state index in [1.54, 1.807) is 6.07 Å². The van der Waals surface area contributed by atoms with Crippen molar-refractivity contribution in [1.82, 2.24) is 0 Å². The molecule has 0 aromatic heterocycles. The summed E-state index contributed by atoms with van der Waals surface area (Å²) >= 11 is 0. The topological polar surface area (TPSA) is 59.0 Å². The Labute approximate surface area is 110 Å². The lowest BCUT2D eigenvalue weighted by Crippen LogP contribution is -2.36. The molecular weight excluding hydrogens is 253 g/mol. The highest BCUT2D eigenvalue weighted by molar-refractivity contribution is 5.76. The summed E-state index contributed by atoms with van der Waals surface area (Å²) in [6.07, 6.45) is -1.46. The highest BCUT2D eigenvalue weighted by atomic mass is 19.1. The Bertz CT molecular complexity index is 460. The number of aliphatic hydroxyl groups excluding tert-OH is 1. The van der Waals surface area contributed by atoms with Crippen LogP contribution in [0.25, 0.3) is 0 Å². The summed E-state index contributed by atoms with van der Waals surface area (Å²) in [6, 6.07) is 4.24. The molecule has 1 N–H and O–H groups in total. The van der Waals surface area contributed by atoms with Crippen molar-refractivity contribution in [3.05, 3.63) is 29.6 Å². The third-order valence-electron chi connectivity index (χ3n) is 3.06. The molecule has 6 heteroatoms. The van der Waals surface area contributed by atoms with Crippen LogP contribution in [0, 0.1) is 5.82 Å². The number of morpholine rings is 1. The van der Waals surface area contributed by atoms with Gasteiger partial charge in [0.2, 0.25) is 0 Å². The van der Waals surface area contributed by atoms with Crippen molar-refractivity contribution in [1.29, 1.82) is 0 Å². The Morgan fingerprint density at radius 1 is 1.47 bits per heavy atom. The Morgan fingerprint density at radius 2 is 2.16 bits per heavy atom. The molecule has 1 unspecified atom stereocenters. The summed E-state index contributed by atoms with van der Waals surface area (Å²) in [4.78, 5) is 13.1. The van der Waals surface area contributed by atoms with E-state index in [4.69, 9.17) is 4.74 Å². The zero-order chi connectivity index (χ0) is 13.8. The zero-order valence-electron chi connectivity index (χ0n) is 10.6. The van der Waals surface area contributed by atoms with Gasteiger partial charge >= 0.3 is 5.97 Å². The molecule has 5 nitrogen and oxygen atoms in total. The van der Waals surface area contributed by atoms with Gasteiger partial charge in [-0.25, -0.2) is 9.18 Å². The van der Waals surface area contributed by atoms with Gasteiger partial charge in [-0.15, -0.1) is 0 Å². The molecule has 1 aliphatic heterocycles. The SMILES string of the molecule is COC(=O)C(O)c1ccc(N2CCOCC2)c(F)c1. The first kappa shape index (κ1) is 13.8. The smallest absolute Gasteiger partial charge is 0.339 e. The summed E-state index contributed by atoms with van der Waals surface area (Å²) in [5, 5.41) is 9.64. The Kier molecular flexibility index (Phi) is 4.34. The highest BCUT2D eigenvalue weighted by Crippen LogP contribution is 2.24. The monoisotopic (exact) mass is 269 g/mol. The van der Waals surface area contributed by atoms with Crippen LogP contribution in [0.3, 0.4) is 0 Å². The average Bonchev–Trinajstić information content (AvgIpc) is 2.46. The van der Waals surface area contributed by atoms with Crippen LogP contribution >= 0.6 is 0 Å². The number of aliphatic hydroxyl groups is 1. The molecule has 1 heterocycles. The van der Waals surface area contributed by atoms with Crippen LogP contribution in [0.2, 0.25) is 0 Å². The van der Waals surface area contributed by atoms with E-state index in [-0.39, 0.29) is 5.56 Å². The minimum absolute atomic E-state index is 0.182. The normalized spacial score (nSPS) is 17.1. The van der Waals surface area contributed by atoms with Crippen LogP contribution in [0.4, 0.5) is 10.1 Å². The first-order valence-corrected chi connectivity index (χ1v) is 6.01. The van der Waals surface area contributed by atoms with Crippen LogP contribution in [-0.4, -0.2) is 44.5 Å². The molecule has 1 fully saturated rings. The fourth-order valence-electron chi connectivity index (χ4n) is 2.00. The van der Waals surface area contributed by atoms with E-state index < -0.39 is 17.9 Å². The quantitative estimate of drug-likeness (QED) is 0.825. The van der Waals surface area contributed by atoms with E-state index in [2.05, 4.69) is 4.74 Å². The molecule has 1 aromatic carbocycles. The number of rotatable bonds is 3. The van der Waals surface area contributed by atoms with Gasteiger partial charge in [0.15, 0.2) is 6.10 Å². The lowest BCUT2D eigenvalue weighted by Gasteiger charge is -2.29. The number of ether oxygens (including phenoxy) is 2. The van der Waals surface area contributed by atoms with E-state index in [0.717, 1.165) is 6.07 Å². The standard InChI is InChI=1S/C13H16FNO4/c1-18-13(17)12(16)9-2-3-11(10(14)8-9)15-4-6-19-7-5-15/h2-3,8,12,16H,4-7H2,1H3. The number of benzene rings is 1. The number of hydrogen-bond donors (Lipinski definition) is 1. The zero-order valence-corrected chi connectivity index (χ0v) is 10.6. The van der Waals surface area contributed by atoms with Gasteiger partial charge in [-0.3, -0.25) is 0 Å². The molecule has 1 saturated heterocycles. The maximum atomic E-state index is 14.0. The molecule has 2 rings (SSSR count). The second kappa shape index (κ2) is 5.99. The maximum Gasteiger partial charge on any atom is 0.339 e. The second-order valence-electron chi connectivity index (χ2n) is 4.24. The minimum Gasteiger partial charge on any atom is -0.467 e. The van der Waals surface area contributed by atoms with Crippen molar-refractivity contribution < 1.29 is 23.8 Å². The van der Waals surface area contributed by atoms with E-state index in [1.165, 1.54) is 13.2 Å². The number of nitrogens with zero attached hydrogens (tertiary/aromatic N) is 1. The molecule has 0 amide bonds. The van der Waals surface area contributed by atoms with Gasteiger partial charge in [-0.2, -0.15) is 0 Å². The first-order valence-electron chi connectivity index (χ1n) is 6.01. The van der Waals surface area contributed by atoms with Crippen molar-refractivity contribution >= 4 is 11.7 Å². The van der Waals surface area contributed by atoms with Gasteiger partial charge in [0.05, 0.1) is 26.0 Å². The van der Waals surface area contributed by atoms with Crippen molar-refractivity contribution in [3.8, 4) is 0 Å². The fraction of sp³-hybridized carbons (Fsp3) is 0.462. The van der Waals surface area contributed by atoms with Gasteiger partial charge in [0, 0.05) is 13.1 Å². The van der Waals surface area contributed by atoms with E-state index in [9.17, 15) is 14.3 Å². The molecule has 104 valence electrons. The molecule has 1 aromatic rings. The molecule has 1 atom stereocenters. The molecule has 0 aliphatic carbocycles. The van der Waals surface area contributed by atoms with Gasteiger partial charge in [0.25, 0.3) is 0 Å². The number of anilines is 1. The number of methoxy groups -OCH3 is 1. The lowest BCUT2D eigenvalue weighted by molar-refractivity contribution is -0.150. The third-order valence-corrected chi connectivity index (χ3v) is 3.06. The van der Waals surface area contributed by atoms with E-state index >= 15 is 0 Å². The Hall–Kier alpha value is -1.66. The van der Waals surface area contributed by atoms with Gasteiger partial charge < -0.3 is 19.5 Å². The lowest BCUT2D eigenvalue weighted by atomic mass is 10.1. The van der Waals surface area contributed by atoms with E-state index in [0.29, 0.717) is 32.0 Å². The van der Waals surface area contributed by atoms with Gasteiger partial charge in [-0.05, 0) is 17.7 Å². The van der Waals surface area contributed by atoms with Crippen molar-refractivity contribution in [2.24, 2.45) is 0 Å². The summed E-state index contributed by atoms with van der Waals surface area (Å²) < 4.78 is 23.6. The molecule has 0 spiro atoms. The van der Waals surface area contributed by atoms with Crippen molar-refractivity contribution in [2.45, 2.75) is 6.10 Å². The average molecular weight is 269 g/mol. The largest absolute Gasteiger partial charge is 0.467 e. The van der Waals surface area contributed by atoms with Gasteiger partial charge in [0.1, 0.15) is 5.82 Å². The minimum atomic E-state index is -1.46. The number of esters is 1. The fourth-order valence-corrected chi connectivity index (χ4v) is 2.00. The molecule has 0 radical (unpaired) electrons. The molecule has 0 saturated carbocycles. The van der Waals surface area contributed by atoms with Crippen molar-refractivity contribution in [3.63, 3.8) is 0 Å². The maximum absolute atomic E-state index is 14.0. The van der Waals surface area contributed by atoms with E-state index in [1.807, 2.05) is 4.90 Å². The molecule has 1 aliphatic rings. The number of carbonyl (C=O) groups is 1. The predicted molar refractivity (Wildman–Crippen MR) is 66.4 cm³/mol. The van der Waals surface area contributed by atoms with Crippen LogP contribution in [0.15, 0.2) is 18.2 Å². The van der Waals surface area contributed by atoms with Crippen LogP contribution < -0.4 is 4.90 Å². The third kappa shape index (κ3) is 3.02. The summed E-state index contributed by atoms with van der Waals surface area (Å²) in [5.74, 6) is -1.28. The number of carbonyl (C=O) groups excluding carboxylic acids is 1. The summed E-state index contributed by atoms with van der Waals surface area (Å²) in [7, 11) is 1.17. The molecular formula is C13H16FNO4. The van der Waals surface area contributed by atoms with Crippen LogP contribution in [-0.2, 0) is 14.3 Å². The summed E-state index contributed by atoms with van der Waals surface area (Å²) in [5.41, 5.74) is 0.630. The first-order chi connectivity index (χ1) is 9.13. The Balaban J connectivity index is 2.19. The molecule has 19 heavy (non-hydrogen) atoms. The summed E-state index contributed by atoms with van der Waals surface area (Å²) in [6.45, 7) is 2.36. The van der Waals surface area contributed by atoms with Crippen LogP contribution in [0.1, 0.15) is 11.7 Å². The highest BCUT2D eigenvalue weighted by Gasteiger charge is 2.21. The number of halogens is 1. The van der Waals surface area contributed by atoms with Crippen molar-refractivity contribution in [2.75, 3.05) is 38.3 Å². The van der Waals surface area contributed by atoms with Gasteiger partial charge in [-0.1, -0.05) is 6.07 Å². The Morgan fingerprint density at radius 3 is 2.74 bits per heavy atom. The molecule has 0 bridgehead atoms. The second-order valence-corrected chi connectivity index (χ2v) is 4.24. The predicted octanol–water partition coefficient (Wildman–Crippen LogP) is 0.869.